The molecule has 80 valence electrons. The van der Waals surface area contributed by atoms with Crippen LogP contribution in [0, 0.1) is 0 Å². The summed E-state index contributed by atoms with van der Waals surface area (Å²) in [5.74, 6) is -0.908. The van der Waals surface area contributed by atoms with E-state index in [2.05, 4.69) is 0 Å². The van der Waals surface area contributed by atoms with Crippen LogP contribution < -0.4 is 0 Å². The number of hydrogen-bond acceptors (Lipinski definition) is 4. The summed E-state index contributed by atoms with van der Waals surface area (Å²) in [6.45, 7) is 3.26. The van der Waals surface area contributed by atoms with Gasteiger partial charge in [-0.1, -0.05) is 5.57 Å². The molecule has 0 aromatic heterocycles. The SMILES string of the molecule is CC1=C2C(=O)C(=O)C(C)OC2CC(=O)C1. The maximum absolute atomic E-state index is 11.7. The summed E-state index contributed by atoms with van der Waals surface area (Å²) in [6, 6.07) is 0. The molecule has 2 atom stereocenters. The monoisotopic (exact) mass is 208 g/mol. The second kappa shape index (κ2) is 3.38. The Bertz CT molecular complexity index is 391. The normalized spacial score (nSPS) is 32.0. The molecule has 0 aromatic rings. The molecule has 1 aliphatic carbocycles. The molecular weight excluding hydrogens is 196 g/mol. The first kappa shape index (κ1) is 10.2. The standard InChI is InChI=1S/C11H12O4/c1-5-3-7(12)4-8-9(5)11(14)10(13)6(2)15-8/h6,8H,3-4H2,1-2H3. The van der Waals surface area contributed by atoms with Crippen LogP contribution in [-0.4, -0.2) is 29.6 Å². The second-order valence-electron chi connectivity index (χ2n) is 4.07. The molecule has 15 heavy (non-hydrogen) atoms. The van der Waals surface area contributed by atoms with Gasteiger partial charge in [-0.3, -0.25) is 14.4 Å². The van der Waals surface area contributed by atoms with Crippen molar-refractivity contribution in [1.29, 1.82) is 0 Å². The highest BCUT2D eigenvalue weighted by molar-refractivity contribution is 6.46. The zero-order valence-electron chi connectivity index (χ0n) is 8.70. The number of carbonyl (C=O) groups is 3. The molecule has 0 N–H and O–H groups in total. The smallest absolute Gasteiger partial charge is 0.231 e. The van der Waals surface area contributed by atoms with E-state index in [1.54, 1.807) is 13.8 Å². The van der Waals surface area contributed by atoms with Crippen molar-refractivity contribution in [3.63, 3.8) is 0 Å². The minimum atomic E-state index is -0.718. The first-order valence-corrected chi connectivity index (χ1v) is 4.96. The van der Waals surface area contributed by atoms with Crippen LogP contribution in [0.15, 0.2) is 11.1 Å². The van der Waals surface area contributed by atoms with Crippen molar-refractivity contribution in [2.45, 2.75) is 38.9 Å². The lowest BCUT2D eigenvalue weighted by Crippen LogP contribution is -2.45. The first-order chi connectivity index (χ1) is 7.00. The van der Waals surface area contributed by atoms with Gasteiger partial charge in [0.25, 0.3) is 0 Å². The molecular formula is C11H12O4. The molecule has 0 saturated carbocycles. The summed E-state index contributed by atoms with van der Waals surface area (Å²) in [4.78, 5) is 34.4. The van der Waals surface area contributed by atoms with Crippen molar-refractivity contribution in [3.05, 3.63) is 11.1 Å². The summed E-state index contributed by atoms with van der Waals surface area (Å²) >= 11 is 0. The van der Waals surface area contributed by atoms with Crippen LogP contribution in [-0.2, 0) is 19.1 Å². The van der Waals surface area contributed by atoms with E-state index >= 15 is 0 Å². The second-order valence-corrected chi connectivity index (χ2v) is 4.07. The van der Waals surface area contributed by atoms with Gasteiger partial charge >= 0.3 is 0 Å². The summed E-state index contributed by atoms with van der Waals surface area (Å²) in [5.41, 5.74) is 1.10. The molecule has 2 unspecified atom stereocenters. The average Bonchev–Trinajstić information content (AvgIpc) is 2.13. The maximum atomic E-state index is 11.7. The van der Waals surface area contributed by atoms with Gasteiger partial charge in [-0.15, -0.1) is 0 Å². The van der Waals surface area contributed by atoms with E-state index < -0.39 is 23.8 Å². The number of hydrogen-bond donors (Lipinski definition) is 0. The predicted octanol–water partition coefficient (Wildman–Crippen LogP) is 0.591. The van der Waals surface area contributed by atoms with Crippen LogP contribution in [0.3, 0.4) is 0 Å². The summed E-state index contributed by atoms with van der Waals surface area (Å²) in [5, 5.41) is 0. The Morgan fingerprint density at radius 2 is 1.93 bits per heavy atom. The van der Waals surface area contributed by atoms with Crippen molar-refractivity contribution in [1.82, 2.24) is 0 Å². The van der Waals surface area contributed by atoms with Gasteiger partial charge in [-0.05, 0) is 13.8 Å². The van der Waals surface area contributed by atoms with Crippen molar-refractivity contribution in [2.24, 2.45) is 0 Å². The number of carbonyl (C=O) groups excluding carboxylic acids is 3. The summed E-state index contributed by atoms with van der Waals surface area (Å²) in [7, 11) is 0. The number of rotatable bonds is 0. The Balaban J connectivity index is 2.43. The molecule has 0 bridgehead atoms. The van der Waals surface area contributed by atoms with Gasteiger partial charge in [-0.2, -0.15) is 0 Å². The van der Waals surface area contributed by atoms with Crippen LogP contribution in [0.25, 0.3) is 0 Å². The molecule has 0 aromatic carbocycles. The van der Waals surface area contributed by atoms with Crippen LogP contribution in [0.1, 0.15) is 26.7 Å². The molecule has 1 heterocycles. The van der Waals surface area contributed by atoms with Crippen molar-refractivity contribution < 1.29 is 19.1 Å². The minimum Gasteiger partial charge on any atom is -0.362 e. The van der Waals surface area contributed by atoms with Gasteiger partial charge in [0.15, 0.2) is 0 Å². The Morgan fingerprint density at radius 1 is 1.27 bits per heavy atom. The Labute approximate surface area is 87.3 Å². The van der Waals surface area contributed by atoms with Crippen molar-refractivity contribution in [2.75, 3.05) is 0 Å². The fourth-order valence-electron chi connectivity index (χ4n) is 2.13. The van der Waals surface area contributed by atoms with Gasteiger partial charge < -0.3 is 4.74 Å². The lowest BCUT2D eigenvalue weighted by molar-refractivity contribution is -0.150. The highest BCUT2D eigenvalue weighted by atomic mass is 16.5. The number of Topliss-reactive ketones (excluding diaryl/α,β-unsaturated/α-hetero) is 3. The summed E-state index contributed by atoms with van der Waals surface area (Å²) < 4.78 is 5.36. The van der Waals surface area contributed by atoms with Crippen molar-refractivity contribution in [3.8, 4) is 0 Å². The number of allylic oxidation sites excluding steroid dienone is 1. The van der Waals surface area contributed by atoms with Gasteiger partial charge in [0.2, 0.25) is 11.6 Å². The third kappa shape index (κ3) is 1.55. The van der Waals surface area contributed by atoms with Crippen LogP contribution in [0.4, 0.5) is 0 Å². The van der Waals surface area contributed by atoms with E-state index in [1.165, 1.54) is 0 Å². The van der Waals surface area contributed by atoms with E-state index in [0.29, 0.717) is 11.1 Å². The minimum absolute atomic E-state index is 0.0654. The molecule has 0 amide bonds. The molecule has 1 aliphatic heterocycles. The zero-order valence-corrected chi connectivity index (χ0v) is 8.70. The Hall–Kier alpha value is -1.29. The third-order valence-electron chi connectivity index (χ3n) is 2.86. The molecule has 2 aliphatic rings. The van der Waals surface area contributed by atoms with Crippen molar-refractivity contribution >= 4 is 17.3 Å². The van der Waals surface area contributed by atoms with E-state index in [0.717, 1.165) is 0 Å². The van der Waals surface area contributed by atoms with E-state index in [9.17, 15) is 14.4 Å². The predicted molar refractivity (Wildman–Crippen MR) is 51.3 cm³/mol. The molecule has 0 spiro atoms. The van der Waals surface area contributed by atoms with Crippen LogP contribution in [0.2, 0.25) is 0 Å². The third-order valence-corrected chi connectivity index (χ3v) is 2.86. The van der Waals surface area contributed by atoms with Gasteiger partial charge in [0.1, 0.15) is 11.9 Å². The lowest BCUT2D eigenvalue weighted by atomic mass is 9.83. The molecule has 1 saturated heterocycles. The molecule has 4 nitrogen and oxygen atoms in total. The van der Waals surface area contributed by atoms with E-state index in [1.807, 2.05) is 0 Å². The number of ether oxygens (including phenoxy) is 1. The Morgan fingerprint density at radius 3 is 2.60 bits per heavy atom. The average molecular weight is 208 g/mol. The zero-order chi connectivity index (χ0) is 11.2. The topological polar surface area (TPSA) is 60.4 Å². The van der Waals surface area contributed by atoms with Gasteiger partial charge in [-0.25, -0.2) is 0 Å². The van der Waals surface area contributed by atoms with E-state index in [-0.39, 0.29) is 18.6 Å². The highest BCUT2D eigenvalue weighted by Crippen LogP contribution is 2.30. The van der Waals surface area contributed by atoms with Gasteiger partial charge in [0, 0.05) is 18.4 Å². The summed E-state index contributed by atoms with van der Waals surface area (Å²) in [6.07, 6.45) is -0.727. The molecule has 0 radical (unpaired) electrons. The highest BCUT2D eigenvalue weighted by Gasteiger charge is 2.41. The van der Waals surface area contributed by atoms with E-state index in [4.69, 9.17) is 4.74 Å². The lowest BCUT2D eigenvalue weighted by Gasteiger charge is -2.32. The fraction of sp³-hybridized carbons (Fsp3) is 0.545. The molecule has 1 fully saturated rings. The van der Waals surface area contributed by atoms with Crippen LogP contribution in [0.5, 0.6) is 0 Å². The number of fused-ring (bicyclic) bond motifs is 1. The first-order valence-electron chi connectivity index (χ1n) is 4.96. The fourth-order valence-corrected chi connectivity index (χ4v) is 2.13. The quantitative estimate of drug-likeness (QED) is 0.547. The Kier molecular flexibility index (Phi) is 2.31. The largest absolute Gasteiger partial charge is 0.362 e. The molecule has 4 heteroatoms. The maximum Gasteiger partial charge on any atom is 0.231 e. The molecule has 2 rings (SSSR count). The van der Waals surface area contributed by atoms with Crippen LogP contribution >= 0.6 is 0 Å². The van der Waals surface area contributed by atoms with Gasteiger partial charge in [0.05, 0.1) is 6.10 Å². The number of ketones is 3.